The number of hydrogen-bond donors (Lipinski definition) is 1. The van der Waals surface area contributed by atoms with Crippen LogP contribution >= 0.6 is 24.0 Å². The Balaban J connectivity index is 1.24. The van der Waals surface area contributed by atoms with Gasteiger partial charge < -0.3 is 10.1 Å². The average Bonchev–Trinajstić information content (AvgIpc) is 3.20. The SMILES string of the molecule is CCOC(=O)c1ccc(NC(=O)CCCN2C(=O)/C(=C/c3c4ccccc4cc4ccccc34)SC2=S)cc1. The molecule has 1 aliphatic heterocycles. The van der Waals surface area contributed by atoms with E-state index in [9.17, 15) is 14.4 Å². The fraction of sp³-hybridized carbons (Fsp3) is 0.161. The standard InChI is InChI=1S/C31H26N2O4S2/c1-2-37-30(36)20-13-15-23(16-14-20)32-28(34)12-7-17-33-29(35)27(39-31(33)38)19-26-24-10-5-3-8-21(24)18-22-9-4-6-11-25(22)26/h3-6,8-11,13-16,18-19H,2,7,12,17H2,1H3,(H,32,34)/b27-19-. The summed E-state index contributed by atoms with van der Waals surface area (Å²) < 4.78 is 5.46. The van der Waals surface area contributed by atoms with E-state index in [4.69, 9.17) is 17.0 Å². The van der Waals surface area contributed by atoms with E-state index >= 15 is 0 Å². The lowest BCUT2D eigenvalue weighted by atomic mass is 9.96. The number of nitrogens with one attached hydrogen (secondary N) is 1. The van der Waals surface area contributed by atoms with E-state index in [-0.39, 0.29) is 18.2 Å². The van der Waals surface area contributed by atoms with Gasteiger partial charge in [-0.2, -0.15) is 0 Å². The van der Waals surface area contributed by atoms with Gasteiger partial charge in [0.05, 0.1) is 17.1 Å². The Morgan fingerprint density at radius 3 is 2.26 bits per heavy atom. The third-order valence-corrected chi connectivity index (χ3v) is 7.81. The number of hydrogen-bond acceptors (Lipinski definition) is 6. The summed E-state index contributed by atoms with van der Waals surface area (Å²) in [6.07, 6.45) is 2.63. The third-order valence-electron chi connectivity index (χ3n) is 6.43. The molecule has 2 amide bonds. The number of rotatable bonds is 8. The zero-order chi connectivity index (χ0) is 27.4. The van der Waals surface area contributed by atoms with Gasteiger partial charge in [-0.15, -0.1) is 0 Å². The van der Waals surface area contributed by atoms with Crippen LogP contribution in [0.1, 0.15) is 35.7 Å². The lowest BCUT2D eigenvalue weighted by Gasteiger charge is -2.14. The van der Waals surface area contributed by atoms with Gasteiger partial charge in [-0.05, 0) is 76.9 Å². The Morgan fingerprint density at radius 2 is 1.62 bits per heavy atom. The fourth-order valence-corrected chi connectivity index (χ4v) is 5.84. The van der Waals surface area contributed by atoms with E-state index in [1.165, 1.54) is 11.8 Å². The van der Waals surface area contributed by atoms with Gasteiger partial charge >= 0.3 is 5.97 Å². The Labute approximate surface area is 236 Å². The second-order valence-corrected chi connectivity index (χ2v) is 10.7. The fourth-order valence-electron chi connectivity index (χ4n) is 4.55. The third kappa shape index (κ3) is 5.87. The smallest absolute Gasteiger partial charge is 0.338 e. The molecule has 0 atom stereocenters. The summed E-state index contributed by atoms with van der Waals surface area (Å²) in [5.74, 6) is -0.722. The Kier molecular flexibility index (Phi) is 8.05. The van der Waals surface area contributed by atoms with E-state index in [0.29, 0.717) is 40.0 Å². The van der Waals surface area contributed by atoms with Crippen molar-refractivity contribution in [2.75, 3.05) is 18.5 Å². The summed E-state index contributed by atoms with van der Waals surface area (Å²) in [6, 6.07) is 25.0. The van der Waals surface area contributed by atoms with E-state index in [0.717, 1.165) is 27.1 Å². The van der Waals surface area contributed by atoms with Crippen LogP contribution in [-0.2, 0) is 14.3 Å². The van der Waals surface area contributed by atoms with Gasteiger partial charge in [0, 0.05) is 18.7 Å². The van der Waals surface area contributed by atoms with Crippen LogP contribution in [0.4, 0.5) is 5.69 Å². The van der Waals surface area contributed by atoms with Crippen molar-refractivity contribution in [3.05, 3.63) is 94.9 Å². The average molecular weight is 555 g/mol. The van der Waals surface area contributed by atoms with Gasteiger partial charge in [-0.1, -0.05) is 72.5 Å². The molecule has 0 aromatic heterocycles. The Bertz CT molecular complexity index is 1580. The van der Waals surface area contributed by atoms with Crippen molar-refractivity contribution in [1.82, 2.24) is 4.90 Å². The van der Waals surface area contributed by atoms with Crippen LogP contribution in [0, 0.1) is 0 Å². The van der Waals surface area contributed by atoms with E-state index in [1.54, 1.807) is 36.1 Å². The van der Waals surface area contributed by atoms with Crippen molar-refractivity contribution >= 4 is 79.4 Å². The first kappa shape index (κ1) is 26.6. The molecule has 0 saturated carbocycles. The molecule has 1 heterocycles. The van der Waals surface area contributed by atoms with Crippen molar-refractivity contribution in [3.8, 4) is 0 Å². The predicted octanol–water partition coefficient (Wildman–Crippen LogP) is 6.79. The van der Waals surface area contributed by atoms with Crippen LogP contribution in [0.25, 0.3) is 27.6 Å². The highest BCUT2D eigenvalue weighted by Crippen LogP contribution is 2.36. The first-order valence-corrected chi connectivity index (χ1v) is 13.9. The number of carbonyl (C=O) groups is 3. The molecule has 0 spiro atoms. The molecule has 1 N–H and O–H groups in total. The first-order valence-electron chi connectivity index (χ1n) is 12.7. The van der Waals surface area contributed by atoms with Crippen molar-refractivity contribution in [2.45, 2.75) is 19.8 Å². The summed E-state index contributed by atoms with van der Waals surface area (Å²) in [6.45, 7) is 2.40. The van der Waals surface area contributed by atoms with Crippen LogP contribution in [0.2, 0.25) is 0 Å². The molecule has 0 radical (unpaired) electrons. The zero-order valence-electron chi connectivity index (χ0n) is 21.3. The second kappa shape index (κ2) is 11.8. The number of thiocarbonyl (C=S) groups is 1. The summed E-state index contributed by atoms with van der Waals surface area (Å²) in [7, 11) is 0. The van der Waals surface area contributed by atoms with Gasteiger partial charge in [0.1, 0.15) is 4.32 Å². The number of ether oxygens (including phenoxy) is 1. The number of fused-ring (bicyclic) bond motifs is 2. The van der Waals surface area contributed by atoms with Crippen LogP contribution in [-0.4, -0.2) is 40.2 Å². The maximum absolute atomic E-state index is 13.3. The van der Waals surface area contributed by atoms with Crippen LogP contribution in [0.15, 0.2) is 83.8 Å². The molecule has 4 aromatic carbocycles. The summed E-state index contributed by atoms with van der Waals surface area (Å²) in [5.41, 5.74) is 2.01. The minimum absolute atomic E-state index is 0.142. The Hall–Kier alpha value is -4.01. The van der Waals surface area contributed by atoms with Gasteiger partial charge in [0.15, 0.2) is 0 Å². The molecule has 0 bridgehead atoms. The topological polar surface area (TPSA) is 75.7 Å². The molecule has 0 unspecified atom stereocenters. The monoisotopic (exact) mass is 554 g/mol. The highest BCUT2D eigenvalue weighted by molar-refractivity contribution is 8.26. The number of thioether (sulfide) groups is 1. The van der Waals surface area contributed by atoms with Gasteiger partial charge in [-0.25, -0.2) is 4.79 Å². The van der Waals surface area contributed by atoms with Crippen molar-refractivity contribution < 1.29 is 19.1 Å². The minimum Gasteiger partial charge on any atom is -0.462 e. The number of benzene rings is 4. The lowest BCUT2D eigenvalue weighted by Crippen LogP contribution is -2.29. The van der Waals surface area contributed by atoms with E-state index in [1.807, 2.05) is 30.3 Å². The molecule has 4 aromatic rings. The summed E-state index contributed by atoms with van der Waals surface area (Å²) in [5, 5.41) is 7.20. The van der Waals surface area contributed by atoms with Gasteiger partial charge in [0.2, 0.25) is 5.91 Å². The first-order chi connectivity index (χ1) is 18.9. The molecule has 196 valence electrons. The summed E-state index contributed by atoms with van der Waals surface area (Å²) in [4.78, 5) is 39.7. The quantitative estimate of drug-likeness (QED) is 0.112. The number of amides is 2. The number of anilines is 1. The molecular weight excluding hydrogens is 528 g/mol. The highest BCUT2D eigenvalue weighted by Gasteiger charge is 2.32. The molecule has 0 aliphatic carbocycles. The molecule has 1 saturated heterocycles. The second-order valence-electron chi connectivity index (χ2n) is 9.02. The molecule has 1 aliphatic rings. The number of nitrogens with zero attached hydrogens (tertiary/aromatic N) is 1. The molecular formula is C31H26N2O4S2. The minimum atomic E-state index is -0.401. The molecule has 5 rings (SSSR count). The molecule has 8 heteroatoms. The molecule has 1 fully saturated rings. The van der Waals surface area contributed by atoms with Gasteiger partial charge in [0.25, 0.3) is 5.91 Å². The van der Waals surface area contributed by atoms with E-state index in [2.05, 4.69) is 35.6 Å². The Morgan fingerprint density at radius 1 is 0.974 bits per heavy atom. The maximum atomic E-state index is 13.3. The van der Waals surface area contributed by atoms with Gasteiger partial charge in [-0.3, -0.25) is 14.5 Å². The van der Waals surface area contributed by atoms with Crippen LogP contribution in [0.5, 0.6) is 0 Å². The predicted molar refractivity (Wildman–Crippen MR) is 162 cm³/mol. The zero-order valence-corrected chi connectivity index (χ0v) is 22.9. The van der Waals surface area contributed by atoms with Crippen molar-refractivity contribution in [3.63, 3.8) is 0 Å². The lowest BCUT2D eigenvalue weighted by molar-refractivity contribution is -0.122. The highest BCUT2D eigenvalue weighted by atomic mass is 32.2. The maximum Gasteiger partial charge on any atom is 0.338 e. The molecule has 39 heavy (non-hydrogen) atoms. The largest absolute Gasteiger partial charge is 0.462 e. The normalized spacial score (nSPS) is 14.4. The van der Waals surface area contributed by atoms with Crippen molar-refractivity contribution in [2.24, 2.45) is 0 Å². The van der Waals surface area contributed by atoms with Crippen LogP contribution < -0.4 is 5.32 Å². The number of esters is 1. The van der Waals surface area contributed by atoms with E-state index < -0.39 is 5.97 Å². The van der Waals surface area contributed by atoms with Crippen molar-refractivity contribution in [1.29, 1.82) is 0 Å². The summed E-state index contributed by atoms with van der Waals surface area (Å²) >= 11 is 6.82. The van der Waals surface area contributed by atoms with Crippen LogP contribution in [0.3, 0.4) is 0 Å². The number of carbonyl (C=O) groups excluding carboxylic acids is 3. The molecule has 6 nitrogen and oxygen atoms in total.